The smallest absolute Gasteiger partial charge is 0.0649 e. The van der Waals surface area contributed by atoms with Crippen LogP contribution in [0.3, 0.4) is 0 Å². The third kappa shape index (κ3) is 2.52. The molecular weight excluding hydrogens is 188 g/mol. The number of rotatable bonds is 0. The van der Waals surface area contributed by atoms with Crippen LogP contribution in [0.4, 0.5) is 0 Å². The number of nitrogens with one attached hydrogen (secondary N) is 1. The van der Waals surface area contributed by atoms with Gasteiger partial charge in [-0.1, -0.05) is 0 Å². The van der Waals surface area contributed by atoms with Crippen LogP contribution in [0.5, 0.6) is 0 Å². The van der Waals surface area contributed by atoms with Gasteiger partial charge in [0.05, 0.1) is 13.2 Å². The van der Waals surface area contributed by atoms with Crippen molar-refractivity contribution in [1.29, 1.82) is 0 Å². The summed E-state index contributed by atoms with van der Waals surface area (Å²) in [5.41, 5.74) is 0.608. The molecular formula is C12H24N2O. The Morgan fingerprint density at radius 1 is 1.20 bits per heavy atom. The molecule has 0 aromatic heterocycles. The van der Waals surface area contributed by atoms with E-state index in [2.05, 4.69) is 31.0 Å². The summed E-state index contributed by atoms with van der Waals surface area (Å²) >= 11 is 0. The van der Waals surface area contributed by atoms with E-state index in [4.69, 9.17) is 4.74 Å². The van der Waals surface area contributed by atoms with Gasteiger partial charge in [-0.3, -0.25) is 4.90 Å². The number of hydrogen-bond acceptors (Lipinski definition) is 3. The molecule has 3 nitrogen and oxygen atoms in total. The van der Waals surface area contributed by atoms with Crippen LogP contribution in [0.25, 0.3) is 0 Å². The molecule has 2 rings (SSSR count). The van der Waals surface area contributed by atoms with E-state index < -0.39 is 0 Å². The molecule has 15 heavy (non-hydrogen) atoms. The molecule has 1 spiro atoms. The molecule has 88 valence electrons. The number of piperidine rings is 1. The standard InChI is InChI=1S/C12H24N2O/c1-11(2,3)14-7-4-12(5-8-14)10-15-9-6-13-12/h13H,4-10H2,1-3H3. The molecule has 2 aliphatic heterocycles. The number of ether oxygens (including phenoxy) is 1. The molecule has 0 aromatic rings. The molecule has 2 aliphatic rings. The van der Waals surface area contributed by atoms with Gasteiger partial charge in [-0.05, 0) is 33.6 Å². The number of likely N-dealkylation sites (tertiary alicyclic amines) is 1. The summed E-state index contributed by atoms with van der Waals surface area (Å²) in [7, 11) is 0. The zero-order valence-electron chi connectivity index (χ0n) is 10.3. The quantitative estimate of drug-likeness (QED) is 0.654. The second-order valence-corrected chi connectivity index (χ2v) is 5.92. The highest BCUT2D eigenvalue weighted by molar-refractivity contribution is 4.97. The Balaban J connectivity index is 1.91. The summed E-state index contributed by atoms with van der Waals surface area (Å²) in [6.07, 6.45) is 2.45. The Morgan fingerprint density at radius 2 is 1.87 bits per heavy atom. The van der Waals surface area contributed by atoms with Crippen LogP contribution in [-0.4, -0.2) is 48.8 Å². The maximum Gasteiger partial charge on any atom is 0.0649 e. The fourth-order valence-corrected chi connectivity index (χ4v) is 2.63. The molecule has 1 N–H and O–H groups in total. The maximum absolute atomic E-state index is 5.60. The molecule has 0 atom stereocenters. The number of nitrogens with zero attached hydrogens (tertiary/aromatic N) is 1. The summed E-state index contributed by atoms with van der Waals surface area (Å²) in [5.74, 6) is 0. The number of morpholine rings is 1. The summed E-state index contributed by atoms with van der Waals surface area (Å²) < 4.78 is 5.60. The summed E-state index contributed by atoms with van der Waals surface area (Å²) in [4.78, 5) is 2.58. The van der Waals surface area contributed by atoms with Gasteiger partial charge in [-0.25, -0.2) is 0 Å². The lowest BCUT2D eigenvalue weighted by atomic mass is 9.85. The van der Waals surface area contributed by atoms with Gasteiger partial charge < -0.3 is 10.1 Å². The average molecular weight is 212 g/mol. The first-order valence-electron chi connectivity index (χ1n) is 6.10. The van der Waals surface area contributed by atoms with Crippen molar-refractivity contribution in [3.05, 3.63) is 0 Å². The van der Waals surface area contributed by atoms with Gasteiger partial charge in [0.25, 0.3) is 0 Å². The first-order valence-corrected chi connectivity index (χ1v) is 6.10. The minimum absolute atomic E-state index is 0.292. The van der Waals surface area contributed by atoms with Gasteiger partial charge in [0, 0.05) is 30.7 Å². The molecule has 0 bridgehead atoms. The second-order valence-electron chi connectivity index (χ2n) is 5.92. The van der Waals surface area contributed by atoms with E-state index >= 15 is 0 Å². The van der Waals surface area contributed by atoms with E-state index in [1.165, 1.54) is 25.9 Å². The highest BCUT2D eigenvalue weighted by Gasteiger charge is 2.38. The minimum Gasteiger partial charge on any atom is -0.378 e. The van der Waals surface area contributed by atoms with Crippen LogP contribution in [0.2, 0.25) is 0 Å². The van der Waals surface area contributed by atoms with Gasteiger partial charge in [0.15, 0.2) is 0 Å². The van der Waals surface area contributed by atoms with Gasteiger partial charge >= 0.3 is 0 Å². The molecule has 2 fully saturated rings. The lowest BCUT2D eigenvalue weighted by molar-refractivity contribution is -0.0208. The third-order valence-electron chi connectivity index (χ3n) is 3.79. The Kier molecular flexibility index (Phi) is 3.06. The van der Waals surface area contributed by atoms with Crippen molar-refractivity contribution in [2.75, 3.05) is 32.8 Å². The molecule has 3 heteroatoms. The highest BCUT2D eigenvalue weighted by Crippen LogP contribution is 2.28. The first kappa shape index (κ1) is 11.4. The topological polar surface area (TPSA) is 24.5 Å². The Morgan fingerprint density at radius 3 is 2.33 bits per heavy atom. The molecule has 0 amide bonds. The van der Waals surface area contributed by atoms with Crippen LogP contribution in [0.15, 0.2) is 0 Å². The Labute approximate surface area is 93.2 Å². The van der Waals surface area contributed by atoms with Crippen LogP contribution in [0.1, 0.15) is 33.6 Å². The maximum atomic E-state index is 5.60. The minimum atomic E-state index is 0.292. The molecule has 2 saturated heterocycles. The Bertz CT molecular complexity index is 206. The van der Waals surface area contributed by atoms with Crippen molar-refractivity contribution in [3.8, 4) is 0 Å². The lowest BCUT2D eigenvalue weighted by Gasteiger charge is -2.48. The van der Waals surface area contributed by atoms with Crippen molar-refractivity contribution >= 4 is 0 Å². The van der Waals surface area contributed by atoms with Gasteiger partial charge in [0.1, 0.15) is 0 Å². The molecule has 0 radical (unpaired) electrons. The summed E-state index contributed by atoms with van der Waals surface area (Å²) in [5, 5.41) is 3.65. The highest BCUT2D eigenvalue weighted by atomic mass is 16.5. The van der Waals surface area contributed by atoms with E-state index in [-0.39, 0.29) is 0 Å². The largest absolute Gasteiger partial charge is 0.378 e. The molecule has 0 aliphatic carbocycles. The van der Waals surface area contributed by atoms with Crippen LogP contribution < -0.4 is 5.32 Å². The van der Waals surface area contributed by atoms with E-state index in [1.807, 2.05) is 0 Å². The van der Waals surface area contributed by atoms with E-state index in [0.29, 0.717) is 11.1 Å². The third-order valence-corrected chi connectivity index (χ3v) is 3.79. The zero-order chi connectivity index (χ0) is 10.9. The predicted molar refractivity (Wildman–Crippen MR) is 62.1 cm³/mol. The van der Waals surface area contributed by atoms with Crippen LogP contribution >= 0.6 is 0 Å². The second kappa shape index (κ2) is 4.04. The van der Waals surface area contributed by atoms with Gasteiger partial charge in [0.2, 0.25) is 0 Å². The molecule has 0 unspecified atom stereocenters. The normalized spacial score (nSPS) is 28.2. The average Bonchev–Trinajstić information content (AvgIpc) is 2.18. The van der Waals surface area contributed by atoms with Crippen molar-refractivity contribution in [2.45, 2.75) is 44.7 Å². The summed E-state index contributed by atoms with van der Waals surface area (Å²) in [6, 6.07) is 0. The van der Waals surface area contributed by atoms with Crippen molar-refractivity contribution in [2.24, 2.45) is 0 Å². The van der Waals surface area contributed by atoms with Crippen molar-refractivity contribution < 1.29 is 4.74 Å². The summed E-state index contributed by atoms with van der Waals surface area (Å²) in [6.45, 7) is 12.1. The van der Waals surface area contributed by atoms with E-state index in [9.17, 15) is 0 Å². The van der Waals surface area contributed by atoms with Gasteiger partial charge in [-0.15, -0.1) is 0 Å². The fourth-order valence-electron chi connectivity index (χ4n) is 2.63. The predicted octanol–water partition coefficient (Wildman–Crippen LogP) is 1.24. The van der Waals surface area contributed by atoms with Crippen LogP contribution in [0, 0.1) is 0 Å². The first-order chi connectivity index (χ1) is 7.02. The van der Waals surface area contributed by atoms with Gasteiger partial charge in [-0.2, -0.15) is 0 Å². The Hall–Kier alpha value is -0.120. The fraction of sp³-hybridized carbons (Fsp3) is 1.00. The molecule has 0 saturated carbocycles. The lowest BCUT2D eigenvalue weighted by Crippen LogP contribution is -2.61. The van der Waals surface area contributed by atoms with E-state index in [1.54, 1.807) is 0 Å². The zero-order valence-corrected chi connectivity index (χ0v) is 10.3. The van der Waals surface area contributed by atoms with Crippen molar-refractivity contribution in [3.63, 3.8) is 0 Å². The molecule has 0 aromatic carbocycles. The number of hydrogen-bond donors (Lipinski definition) is 1. The van der Waals surface area contributed by atoms with E-state index in [0.717, 1.165) is 19.8 Å². The van der Waals surface area contributed by atoms with Crippen molar-refractivity contribution in [1.82, 2.24) is 10.2 Å². The molecule has 2 heterocycles. The van der Waals surface area contributed by atoms with Crippen LogP contribution in [-0.2, 0) is 4.74 Å². The SMILES string of the molecule is CC(C)(C)N1CCC2(CC1)COCCN2. The monoisotopic (exact) mass is 212 g/mol.